The van der Waals surface area contributed by atoms with Crippen molar-refractivity contribution in [3.05, 3.63) is 95.8 Å². The summed E-state index contributed by atoms with van der Waals surface area (Å²) in [5.74, 6) is -0.00499. The van der Waals surface area contributed by atoms with Gasteiger partial charge in [-0.25, -0.2) is 14.8 Å². The van der Waals surface area contributed by atoms with Crippen molar-refractivity contribution in [2.24, 2.45) is 0 Å². The van der Waals surface area contributed by atoms with E-state index in [0.29, 0.717) is 24.3 Å². The Hall–Kier alpha value is -3.79. The number of para-hydroxylation sites is 2. The van der Waals surface area contributed by atoms with Crippen molar-refractivity contribution >= 4 is 39.7 Å². The first-order valence-electron chi connectivity index (χ1n) is 12.6. The predicted molar refractivity (Wildman–Crippen MR) is 147 cm³/mol. The van der Waals surface area contributed by atoms with Crippen molar-refractivity contribution in [3.8, 4) is 0 Å². The number of hydrogen-bond donors (Lipinski definition) is 1. The summed E-state index contributed by atoms with van der Waals surface area (Å²) in [5, 5.41) is 18.8. The van der Waals surface area contributed by atoms with Crippen molar-refractivity contribution in [2.75, 3.05) is 6.54 Å². The van der Waals surface area contributed by atoms with E-state index >= 15 is 0 Å². The smallest absolute Gasteiger partial charge is 0.265 e. The highest BCUT2D eigenvalue weighted by atomic mass is 32.2. The lowest BCUT2D eigenvalue weighted by atomic mass is 10.0. The molecule has 5 aromatic rings. The Balaban J connectivity index is 1.63. The van der Waals surface area contributed by atoms with E-state index in [0.717, 1.165) is 39.5 Å². The van der Waals surface area contributed by atoms with Gasteiger partial charge in [-0.05, 0) is 49.6 Å². The normalized spacial score (nSPS) is 11.3. The second-order valence-electron chi connectivity index (χ2n) is 9.17. The molecular weight excluding hydrogens is 498 g/mol. The summed E-state index contributed by atoms with van der Waals surface area (Å²) in [4.78, 5) is 19.5. The first-order chi connectivity index (χ1) is 18.6. The number of aromatic nitrogens is 4. The molecule has 1 amide bonds. The van der Waals surface area contributed by atoms with Gasteiger partial charge in [0.25, 0.3) is 5.91 Å². The minimum Gasteiger partial charge on any atom is -0.278 e. The summed E-state index contributed by atoms with van der Waals surface area (Å²) < 4.78 is 5.47. The van der Waals surface area contributed by atoms with E-state index < -0.39 is 0 Å². The third-order valence-electron chi connectivity index (χ3n) is 6.42. The zero-order valence-electron chi connectivity index (χ0n) is 21.4. The lowest BCUT2D eigenvalue weighted by Crippen LogP contribution is -2.38. The van der Waals surface area contributed by atoms with Gasteiger partial charge >= 0.3 is 0 Å². The molecule has 0 spiro atoms. The average molecular weight is 529 g/mol. The molecular formula is C29H30N5O3S+. The number of benzene rings is 3. The Labute approximate surface area is 225 Å². The van der Waals surface area contributed by atoms with E-state index in [4.69, 9.17) is 5.26 Å². The van der Waals surface area contributed by atoms with E-state index in [-0.39, 0.29) is 12.6 Å². The lowest BCUT2D eigenvalue weighted by Gasteiger charge is -2.22. The number of nitrogens with zero attached hydrogens (tertiary/aromatic N) is 5. The number of pyridine rings is 1. The molecule has 0 aliphatic rings. The van der Waals surface area contributed by atoms with Gasteiger partial charge in [0.1, 0.15) is 5.69 Å². The summed E-state index contributed by atoms with van der Waals surface area (Å²) in [6, 6.07) is 24.3. The van der Waals surface area contributed by atoms with Gasteiger partial charge < -0.3 is 0 Å². The molecule has 194 valence electrons. The minimum atomic E-state index is -0.0984. The lowest BCUT2D eigenvalue weighted by molar-refractivity contribution is -0.636. The van der Waals surface area contributed by atoms with Crippen LogP contribution in [0.3, 0.4) is 0 Å². The molecule has 3 aromatic carbocycles. The molecule has 0 saturated carbocycles. The zero-order chi connectivity index (χ0) is 26.5. The first-order valence-corrected chi connectivity index (χ1v) is 13.4. The molecule has 1 N–H and O–H groups in total. The van der Waals surface area contributed by atoms with Crippen molar-refractivity contribution in [1.29, 1.82) is 0 Å². The third kappa shape index (κ3) is 5.40. The molecule has 0 bridgehead atoms. The largest absolute Gasteiger partial charge is 0.278 e. The van der Waals surface area contributed by atoms with Crippen molar-refractivity contribution in [2.45, 2.75) is 44.9 Å². The zero-order valence-corrected chi connectivity index (χ0v) is 22.3. The highest BCUT2D eigenvalue weighted by Gasteiger charge is 2.28. The number of fused-ring (bicyclic) bond motifs is 2. The molecule has 0 atom stereocenters. The van der Waals surface area contributed by atoms with Crippen LogP contribution in [-0.2, 0) is 18.2 Å². The molecule has 0 aliphatic heterocycles. The Morgan fingerprint density at radius 1 is 1.03 bits per heavy atom. The van der Waals surface area contributed by atoms with Crippen LogP contribution in [-0.4, -0.2) is 37.0 Å². The Bertz CT molecular complexity index is 1510. The Morgan fingerprint density at radius 2 is 1.68 bits per heavy atom. The highest BCUT2D eigenvalue weighted by molar-refractivity contribution is 7.97. The predicted octanol–water partition coefficient (Wildman–Crippen LogP) is 5.63. The van der Waals surface area contributed by atoms with Crippen LogP contribution in [0, 0.1) is 6.92 Å². The van der Waals surface area contributed by atoms with Crippen LogP contribution < -0.4 is 4.57 Å². The number of amides is 1. The maximum atomic E-state index is 14.3. The molecule has 9 heteroatoms. The maximum absolute atomic E-state index is 14.3. The molecule has 0 unspecified atom stereocenters. The minimum absolute atomic E-state index is 0.00499. The summed E-state index contributed by atoms with van der Waals surface area (Å²) in [6.45, 7) is 5.20. The van der Waals surface area contributed by atoms with Crippen molar-refractivity contribution in [3.63, 3.8) is 0 Å². The van der Waals surface area contributed by atoms with E-state index in [2.05, 4.69) is 57.9 Å². The van der Waals surface area contributed by atoms with Gasteiger partial charge in [-0.2, -0.15) is 4.57 Å². The Morgan fingerprint density at radius 3 is 2.32 bits per heavy atom. The number of carbonyl (C=O) groups excluding carboxylic acids is 1. The molecule has 38 heavy (non-hydrogen) atoms. The molecule has 0 saturated heterocycles. The number of rotatable bonds is 10. The van der Waals surface area contributed by atoms with Crippen molar-refractivity contribution < 1.29 is 19.5 Å². The van der Waals surface area contributed by atoms with Gasteiger partial charge in [0, 0.05) is 23.6 Å². The third-order valence-corrected chi connectivity index (χ3v) is 7.47. The molecule has 8 nitrogen and oxygen atoms in total. The van der Waals surface area contributed by atoms with Gasteiger partial charge in [0.2, 0.25) is 11.0 Å². The van der Waals surface area contributed by atoms with E-state index in [1.54, 1.807) is 6.20 Å². The number of hydrogen-bond acceptors (Lipinski definition) is 6. The van der Waals surface area contributed by atoms with E-state index in [1.165, 1.54) is 22.2 Å². The fourth-order valence-electron chi connectivity index (χ4n) is 4.55. The number of unbranched alkanes of at least 4 members (excludes halogenated alkanes) is 1. The van der Waals surface area contributed by atoms with Gasteiger partial charge in [-0.3, -0.25) is 9.10 Å². The Kier molecular flexibility index (Phi) is 7.97. The summed E-state index contributed by atoms with van der Waals surface area (Å²) in [5.41, 5.74) is 4.45. The average Bonchev–Trinajstić information content (AvgIpc) is 3.39. The molecule has 5 rings (SSSR count). The van der Waals surface area contributed by atoms with Crippen LogP contribution in [0.4, 0.5) is 0 Å². The number of aryl methyl sites for hydroxylation is 1. The van der Waals surface area contributed by atoms with Crippen LogP contribution in [0.5, 0.6) is 0 Å². The highest BCUT2D eigenvalue weighted by Crippen LogP contribution is 2.31. The molecule has 2 heterocycles. The van der Waals surface area contributed by atoms with Gasteiger partial charge in [-0.15, -0.1) is 5.10 Å². The summed E-state index contributed by atoms with van der Waals surface area (Å²) >= 11 is 1.50. The van der Waals surface area contributed by atoms with E-state index in [1.807, 2.05) is 52.8 Å². The van der Waals surface area contributed by atoms with Crippen LogP contribution in [0.15, 0.2) is 83.9 Å². The molecule has 0 aliphatic carbocycles. The monoisotopic (exact) mass is 528 g/mol. The second-order valence-corrected chi connectivity index (χ2v) is 10.3. The van der Waals surface area contributed by atoms with Gasteiger partial charge in [0.05, 0.1) is 22.5 Å². The standard InChI is InChI=1S/C29H29N5O3S/c1-3-4-17-34(38-23-15-13-21(2)14-16-23)29(35)28-24-9-5-7-11-26(24)33(27-12-8-6-10-25(27)28)19-22-18-32(20-37-36)31-30-22/h5-16,18H,3-4,17,19-20H2,1-2H3/p+1. The van der Waals surface area contributed by atoms with Gasteiger partial charge in [-0.1, -0.05) is 60.5 Å². The number of carbonyl (C=O) groups is 1. The quantitative estimate of drug-likeness (QED) is 0.0832. The topological polar surface area (TPSA) is 84.4 Å². The van der Waals surface area contributed by atoms with Crippen LogP contribution in [0.1, 0.15) is 41.4 Å². The maximum Gasteiger partial charge on any atom is 0.265 e. The van der Waals surface area contributed by atoms with Crippen LogP contribution >= 0.6 is 11.9 Å². The molecule has 0 radical (unpaired) electrons. The van der Waals surface area contributed by atoms with Crippen LogP contribution in [0.2, 0.25) is 0 Å². The first kappa shape index (κ1) is 25.8. The van der Waals surface area contributed by atoms with Crippen LogP contribution in [0.25, 0.3) is 21.8 Å². The summed E-state index contributed by atoms with van der Waals surface area (Å²) in [6.07, 6.45) is 3.65. The molecule has 0 fully saturated rings. The summed E-state index contributed by atoms with van der Waals surface area (Å²) in [7, 11) is 0. The second kappa shape index (κ2) is 11.7. The van der Waals surface area contributed by atoms with Crippen molar-refractivity contribution in [1.82, 2.24) is 19.3 Å². The van der Waals surface area contributed by atoms with E-state index in [9.17, 15) is 4.79 Å². The van der Waals surface area contributed by atoms with Gasteiger partial charge in [0.15, 0.2) is 13.3 Å². The SMILES string of the molecule is CCCCN(Sc1ccc(C)cc1)C(=O)c1c2ccccc2[n+](Cc2cn(COO)nn2)c2ccccc12. The fraction of sp³-hybridized carbons (Fsp3) is 0.241. The molecule has 2 aromatic heterocycles. The fourth-order valence-corrected chi connectivity index (χ4v) is 5.46.